The quantitative estimate of drug-likeness (QED) is 0.495. The van der Waals surface area contributed by atoms with Crippen LogP contribution in [0.4, 0.5) is 10.4 Å². The predicted octanol–water partition coefficient (Wildman–Crippen LogP) is 3.09. The predicted molar refractivity (Wildman–Crippen MR) is 109 cm³/mol. The number of benzene rings is 2. The fourth-order valence-corrected chi connectivity index (χ4v) is 4.04. The van der Waals surface area contributed by atoms with Crippen LogP contribution < -0.4 is 14.8 Å². The van der Waals surface area contributed by atoms with Crippen molar-refractivity contribution in [1.82, 2.24) is 10.2 Å². The van der Waals surface area contributed by atoms with Gasteiger partial charge in [0.05, 0.1) is 30.4 Å². The second-order valence-corrected chi connectivity index (χ2v) is 8.51. The summed E-state index contributed by atoms with van der Waals surface area (Å²) in [6.07, 6.45) is -0.0170. The maximum Gasteiger partial charge on any atom is 0.322 e. The molecule has 0 aliphatic carbocycles. The molecule has 0 radical (unpaired) electrons. The van der Waals surface area contributed by atoms with E-state index in [9.17, 15) is 17.6 Å². The lowest BCUT2D eigenvalue weighted by Crippen LogP contribution is -2.14. The molecule has 1 amide bonds. The molecular weight excluding hydrogens is 429 g/mol. The Hall–Kier alpha value is -3.47. The fraction of sp³-hybridized carbons (Fsp3) is 0.250. The van der Waals surface area contributed by atoms with E-state index >= 15 is 0 Å². The molecular formula is C20H20FN3O6S. The molecule has 2 aromatic carbocycles. The van der Waals surface area contributed by atoms with E-state index in [1.807, 2.05) is 0 Å². The van der Waals surface area contributed by atoms with Gasteiger partial charge in [0.2, 0.25) is 5.91 Å². The number of carbonyl (C=O) groups is 1. The number of carbonyl (C=O) groups excluding carboxylic acids is 1. The molecule has 0 atom stereocenters. The molecule has 1 heterocycles. The number of aromatic nitrogens is 2. The Bertz CT molecular complexity index is 1160. The normalized spacial score (nSPS) is 11.2. The van der Waals surface area contributed by atoms with E-state index in [2.05, 4.69) is 15.5 Å². The number of ether oxygens (including phenoxy) is 2. The summed E-state index contributed by atoms with van der Waals surface area (Å²) in [5, 5.41) is 10.1. The highest BCUT2D eigenvalue weighted by Crippen LogP contribution is 2.33. The van der Waals surface area contributed by atoms with Crippen LogP contribution in [0.15, 0.2) is 51.8 Å². The molecule has 1 aromatic heterocycles. The van der Waals surface area contributed by atoms with Crippen molar-refractivity contribution in [3.8, 4) is 23.0 Å². The molecule has 0 bridgehead atoms. The van der Waals surface area contributed by atoms with Crippen molar-refractivity contribution in [2.45, 2.75) is 17.7 Å². The van der Waals surface area contributed by atoms with E-state index < -0.39 is 21.6 Å². The molecule has 0 saturated heterocycles. The third kappa shape index (κ3) is 5.57. The zero-order valence-electron chi connectivity index (χ0n) is 16.8. The largest absolute Gasteiger partial charge is 0.497 e. The Morgan fingerprint density at radius 3 is 2.52 bits per heavy atom. The zero-order chi connectivity index (χ0) is 22.4. The number of sulfone groups is 1. The minimum atomic E-state index is -3.62. The van der Waals surface area contributed by atoms with Gasteiger partial charge in [-0.1, -0.05) is 5.10 Å². The van der Waals surface area contributed by atoms with Gasteiger partial charge in [0.15, 0.2) is 9.84 Å². The lowest BCUT2D eigenvalue weighted by Gasteiger charge is -2.07. The summed E-state index contributed by atoms with van der Waals surface area (Å²) in [5.41, 5.74) is 0.486. The third-order valence-corrected chi connectivity index (χ3v) is 6.11. The summed E-state index contributed by atoms with van der Waals surface area (Å²) in [6.45, 7) is 0. The van der Waals surface area contributed by atoms with Gasteiger partial charge < -0.3 is 13.9 Å². The van der Waals surface area contributed by atoms with Gasteiger partial charge in [0.1, 0.15) is 17.3 Å². The van der Waals surface area contributed by atoms with Crippen LogP contribution in [0.2, 0.25) is 0 Å². The van der Waals surface area contributed by atoms with Crippen LogP contribution in [0.25, 0.3) is 11.5 Å². The first-order valence-electron chi connectivity index (χ1n) is 9.16. The number of hydrogen-bond acceptors (Lipinski definition) is 8. The van der Waals surface area contributed by atoms with Gasteiger partial charge in [-0.15, -0.1) is 5.10 Å². The number of rotatable bonds is 9. The number of nitrogens with one attached hydrogen (secondary N) is 1. The molecule has 164 valence electrons. The number of nitrogens with zero attached hydrogens (tertiary/aromatic N) is 2. The minimum absolute atomic E-state index is 0.00286. The summed E-state index contributed by atoms with van der Waals surface area (Å²) in [4.78, 5) is 12.1. The SMILES string of the molecule is COc1ccc(OC)c(-c2nnc(NC(=O)CCCS(=O)(=O)c3ccc(F)cc3)o2)c1. The minimum Gasteiger partial charge on any atom is -0.497 e. The maximum atomic E-state index is 12.9. The van der Waals surface area contributed by atoms with Crippen molar-refractivity contribution in [3.63, 3.8) is 0 Å². The third-order valence-electron chi connectivity index (χ3n) is 4.30. The highest BCUT2D eigenvalue weighted by atomic mass is 32.2. The molecule has 11 heteroatoms. The fourth-order valence-electron chi connectivity index (χ4n) is 2.73. The standard InChI is InChI=1S/C20H20FN3O6S/c1-28-14-7-10-17(29-2)16(12-14)19-23-24-20(30-19)22-18(25)4-3-11-31(26,27)15-8-5-13(21)6-9-15/h5-10,12H,3-4,11H2,1-2H3,(H,22,24,25). The monoisotopic (exact) mass is 449 g/mol. The van der Waals surface area contributed by atoms with Crippen LogP contribution >= 0.6 is 0 Å². The topological polar surface area (TPSA) is 121 Å². The molecule has 9 nitrogen and oxygen atoms in total. The summed E-state index contributed by atoms with van der Waals surface area (Å²) >= 11 is 0. The van der Waals surface area contributed by atoms with Gasteiger partial charge >= 0.3 is 6.01 Å². The van der Waals surface area contributed by atoms with E-state index in [1.54, 1.807) is 18.2 Å². The van der Waals surface area contributed by atoms with Crippen molar-refractivity contribution in [3.05, 3.63) is 48.3 Å². The van der Waals surface area contributed by atoms with Crippen molar-refractivity contribution < 1.29 is 31.5 Å². The molecule has 31 heavy (non-hydrogen) atoms. The van der Waals surface area contributed by atoms with Gasteiger partial charge in [0, 0.05) is 6.42 Å². The highest BCUT2D eigenvalue weighted by molar-refractivity contribution is 7.91. The van der Waals surface area contributed by atoms with Crippen LogP contribution in [0.1, 0.15) is 12.8 Å². The molecule has 0 unspecified atom stereocenters. The van der Waals surface area contributed by atoms with Crippen molar-refractivity contribution in [2.75, 3.05) is 25.3 Å². The lowest BCUT2D eigenvalue weighted by atomic mass is 10.2. The second-order valence-electron chi connectivity index (χ2n) is 6.40. The molecule has 1 N–H and O–H groups in total. The number of hydrogen-bond donors (Lipinski definition) is 1. The Morgan fingerprint density at radius 1 is 1.10 bits per heavy atom. The van der Waals surface area contributed by atoms with Gasteiger partial charge in [-0.2, -0.15) is 0 Å². The first-order valence-corrected chi connectivity index (χ1v) is 10.8. The van der Waals surface area contributed by atoms with Crippen LogP contribution in [-0.2, 0) is 14.6 Å². The Labute approximate surface area is 178 Å². The summed E-state index contributed by atoms with van der Waals surface area (Å²) in [5.74, 6) is -0.117. The van der Waals surface area contributed by atoms with Crippen LogP contribution in [0.3, 0.4) is 0 Å². The van der Waals surface area contributed by atoms with Gasteiger partial charge in [-0.05, 0) is 48.9 Å². The Kier molecular flexibility index (Phi) is 6.85. The Balaban J connectivity index is 1.59. The first kappa shape index (κ1) is 22.2. The highest BCUT2D eigenvalue weighted by Gasteiger charge is 2.18. The molecule has 0 aliphatic heterocycles. The molecule has 0 fully saturated rings. The Morgan fingerprint density at radius 2 is 1.84 bits per heavy atom. The van der Waals surface area contributed by atoms with E-state index in [0.717, 1.165) is 12.1 Å². The van der Waals surface area contributed by atoms with E-state index in [0.29, 0.717) is 17.1 Å². The number of amides is 1. The number of methoxy groups -OCH3 is 2. The first-order chi connectivity index (χ1) is 14.8. The van der Waals surface area contributed by atoms with Crippen molar-refractivity contribution in [2.24, 2.45) is 0 Å². The molecule has 3 aromatic rings. The summed E-state index contributed by atoms with van der Waals surface area (Å²) < 4.78 is 53.3. The van der Waals surface area contributed by atoms with Gasteiger partial charge in [-0.3, -0.25) is 10.1 Å². The van der Waals surface area contributed by atoms with Crippen molar-refractivity contribution >= 4 is 21.8 Å². The average Bonchev–Trinajstić information content (AvgIpc) is 3.21. The molecule has 0 saturated carbocycles. The maximum absolute atomic E-state index is 12.9. The molecule has 0 aliphatic rings. The summed E-state index contributed by atoms with van der Waals surface area (Å²) in [7, 11) is -0.610. The van der Waals surface area contributed by atoms with E-state index in [-0.39, 0.29) is 35.4 Å². The van der Waals surface area contributed by atoms with E-state index in [4.69, 9.17) is 13.9 Å². The zero-order valence-corrected chi connectivity index (χ0v) is 17.6. The molecule has 0 spiro atoms. The van der Waals surface area contributed by atoms with Crippen LogP contribution in [0, 0.1) is 5.82 Å². The smallest absolute Gasteiger partial charge is 0.322 e. The molecule has 3 rings (SSSR count). The van der Waals surface area contributed by atoms with Gasteiger partial charge in [0.25, 0.3) is 5.89 Å². The summed E-state index contributed by atoms with van der Waals surface area (Å²) in [6, 6.07) is 9.44. The van der Waals surface area contributed by atoms with Gasteiger partial charge in [-0.25, -0.2) is 12.8 Å². The number of halogens is 1. The second kappa shape index (κ2) is 9.56. The number of anilines is 1. The average molecular weight is 449 g/mol. The van der Waals surface area contributed by atoms with Crippen LogP contribution in [-0.4, -0.2) is 44.5 Å². The van der Waals surface area contributed by atoms with Crippen molar-refractivity contribution in [1.29, 1.82) is 0 Å². The van der Waals surface area contributed by atoms with Crippen LogP contribution in [0.5, 0.6) is 11.5 Å². The lowest BCUT2D eigenvalue weighted by molar-refractivity contribution is -0.116. The van der Waals surface area contributed by atoms with E-state index in [1.165, 1.54) is 26.4 Å².